The Hall–Kier alpha value is -4.62. The van der Waals surface area contributed by atoms with Gasteiger partial charge in [-0.25, -0.2) is 0 Å². The lowest BCUT2D eigenvalue weighted by molar-refractivity contribution is 0.445. The highest BCUT2D eigenvalue weighted by Crippen LogP contribution is 2.48. The maximum absolute atomic E-state index is 2.52. The normalized spacial score (nSPS) is 16.0. The van der Waals surface area contributed by atoms with Crippen molar-refractivity contribution >= 4 is 32.6 Å². The molecule has 45 heavy (non-hydrogen) atoms. The van der Waals surface area contributed by atoms with Crippen LogP contribution in [0.3, 0.4) is 0 Å². The molecule has 1 heteroatoms. The Morgan fingerprint density at radius 2 is 1.27 bits per heavy atom. The molecule has 2 heterocycles. The van der Waals surface area contributed by atoms with E-state index in [0.29, 0.717) is 5.92 Å². The molecule has 1 nitrogen and oxygen atoms in total. The molecule has 220 valence electrons. The number of benzene rings is 6. The summed E-state index contributed by atoms with van der Waals surface area (Å²) < 4.78 is 2.50. The molecular formula is C44H39N. The van der Waals surface area contributed by atoms with Crippen LogP contribution in [0.25, 0.3) is 60.5 Å². The van der Waals surface area contributed by atoms with Crippen molar-refractivity contribution in [1.29, 1.82) is 0 Å². The predicted molar refractivity (Wildman–Crippen MR) is 192 cm³/mol. The van der Waals surface area contributed by atoms with Crippen LogP contribution in [-0.2, 0) is 5.41 Å². The molecule has 0 unspecified atom stereocenters. The summed E-state index contributed by atoms with van der Waals surface area (Å²) in [6.45, 7) is 7.11. The highest BCUT2D eigenvalue weighted by molar-refractivity contribution is 6.11. The van der Waals surface area contributed by atoms with Crippen molar-refractivity contribution in [2.24, 2.45) is 0 Å². The van der Waals surface area contributed by atoms with Crippen molar-refractivity contribution in [2.75, 3.05) is 0 Å². The summed E-state index contributed by atoms with van der Waals surface area (Å²) in [6, 6.07) is 43.8. The van der Waals surface area contributed by atoms with Gasteiger partial charge >= 0.3 is 0 Å². The van der Waals surface area contributed by atoms with Gasteiger partial charge in [-0.15, -0.1) is 0 Å². The first-order valence-electron chi connectivity index (χ1n) is 16.8. The summed E-state index contributed by atoms with van der Waals surface area (Å²) >= 11 is 0. The number of aryl methyl sites for hydroxylation is 1. The molecule has 2 aliphatic rings. The minimum Gasteiger partial charge on any atom is -0.309 e. The van der Waals surface area contributed by atoms with Crippen molar-refractivity contribution in [3.63, 3.8) is 0 Å². The lowest BCUT2D eigenvalue weighted by Gasteiger charge is -2.35. The van der Waals surface area contributed by atoms with Gasteiger partial charge in [-0.1, -0.05) is 124 Å². The molecule has 1 aromatic heterocycles. The smallest absolute Gasteiger partial charge is 0.0582 e. The molecule has 0 atom stereocenters. The number of para-hydroxylation sites is 2. The average Bonchev–Trinajstić information content (AvgIpc) is 3.42. The van der Waals surface area contributed by atoms with Gasteiger partial charge in [-0.05, 0) is 105 Å². The van der Waals surface area contributed by atoms with E-state index in [4.69, 9.17) is 0 Å². The van der Waals surface area contributed by atoms with E-state index in [0.717, 1.165) is 0 Å². The Kier molecular flexibility index (Phi) is 5.91. The second-order valence-electron chi connectivity index (χ2n) is 14.0. The zero-order chi connectivity index (χ0) is 30.3. The first-order valence-corrected chi connectivity index (χ1v) is 16.8. The highest BCUT2D eigenvalue weighted by atomic mass is 15.0. The van der Waals surface area contributed by atoms with Gasteiger partial charge < -0.3 is 4.57 Å². The second-order valence-corrected chi connectivity index (χ2v) is 14.0. The molecule has 0 amide bonds. The molecule has 0 bridgehead atoms. The molecule has 0 radical (unpaired) electrons. The fourth-order valence-corrected chi connectivity index (χ4v) is 8.87. The van der Waals surface area contributed by atoms with Crippen LogP contribution in [0, 0.1) is 6.92 Å². The quantitative estimate of drug-likeness (QED) is 0.196. The minimum atomic E-state index is -0.116. The molecule has 1 aliphatic heterocycles. The van der Waals surface area contributed by atoms with Crippen molar-refractivity contribution in [3.8, 4) is 27.9 Å². The van der Waals surface area contributed by atoms with E-state index in [-0.39, 0.29) is 5.41 Å². The van der Waals surface area contributed by atoms with Crippen LogP contribution in [0.15, 0.2) is 115 Å². The first-order chi connectivity index (χ1) is 22.0. The van der Waals surface area contributed by atoms with E-state index in [2.05, 4.69) is 141 Å². The van der Waals surface area contributed by atoms with Gasteiger partial charge in [0.15, 0.2) is 0 Å². The zero-order valence-corrected chi connectivity index (χ0v) is 26.5. The lowest BCUT2D eigenvalue weighted by atomic mass is 9.74. The van der Waals surface area contributed by atoms with E-state index in [1.54, 1.807) is 5.56 Å². The third-order valence-electron chi connectivity index (χ3n) is 11.1. The van der Waals surface area contributed by atoms with E-state index in [1.165, 1.54) is 109 Å². The number of hydrogen-bond acceptors (Lipinski definition) is 0. The van der Waals surface area contributed by atoms with Crippen LogP contribution < -0.4 is 0 Å². The average molecular weight is 582 g/mol. The summed E-state index contributed by atoms with van der Waals surface area (Å²) in [5.74, 6) is 0.686. The van der Waals surface area contributed by atoms with Crippen LogP contribution >= 0.6 is 0 Å². The molecule has 9 rings (SSSR count). The second kappa shape index (κ2) is 9.94. The van der Waals surface area contributed by atoms with E-state index >= 15 is 0 Å². The molecule has 0 spiro atoms. The molecule has 0 saturated heterocycles. The summed E-state index contributed by atoms with van der Waals surface area (Å²) in [5.41, 5.74) is 14.8. The number of rotatable bonds is 3. The van der Waals surface area contributed by atoms with Crippen LogP contribution in [0.5, 0.6) is 0 Å². The van der Waals surface area contributed by atoms with Gasteiger partial charge in [-0.3, -0.25) is 0 Å². The predicted octanol–water partition coefficient (Wildman–Crippen LogP) is 12.3. The topological polar surface area (TPSA) is 4.93 Å². The molecule has 0 N–H and O–H groups in total. The fourth-order valence-electron chi connectivity index (χ4n) is 8.87. The Morgan fingerprint density at radius 1 is 0.578 bits per heavy atom. The van der Waals surface area contributed by atoms with Crippen molar-refractivity contribution in [2.45, 2.75) is 64.2 Å². The largest absolute Gasteiger partial charge is 0.309 e. The van der Waals surface area contributed by atoms with Gasteiger partial charge in [0.1, 0.15) is 0 Å². The summed E-state index contributed by atoms with van der Waals surface area (Å²) in [4.78, 5) is 0. The number of aromatic nitrogens is 1. The van der Waals surface area contributed by atoms with E-state index in [9.17, 15) is 0 Å². The molecular weight excluding hydrogens is 542 g/mol. The summed E-state index contributed by atoms with van der Waals surface area (Å²) in [6.07, 6.45) is 6.74. The Balaban J connectivity index is 1.20. The molecule has 6 aromatic carbocycles. The van der Waals surface area contributed by atoms with Crippen LogP contribution in [0.4, 0.5) is 0 Å². The van der Waals surface area contributed by atoms with Gasteiger partial charge in [0.25, 0.3) is 0 Å². The zero-order valence-electron chi connectivity index (χ0n) is 26.5. The first kappa shape index (κ1) is 26.8. The minimum absolute atomic E-state index is 0.116. The van der Waals surface area contributed by atoms with Gasteiger partial charge in [0.05, 0.1) is 16.7 Å². The van der Waals surface area contributed by atoms with Crippen LogP contribution in [0.1, 0.15) is 74.1 Å². The van der Waals surface area contributed by atoms with Crippen molar-refractivity contribution in [1.82, 2.24) is 4.57 Å². The number of nitrogens with zero attached hydrogens (tertiary/aromatic N) is 1. The highest BCUT2D eigenvalue weighted by Gasteiger charge is 2.35. The van der Waals surface area contributed by atoms with Crippen molar-refractivity contribution < 1.29 is 0 Å². The Bertz CT molecular complexity index is 2290. The van der Waals surface area contributed by atoms with E-state index in [1.807, 2.05) is 0 Å². The summed E-state index contributed by atoms with van der Waals surface area (Å²) in [5, 5.41) is 5.50. The fraction of sp³-hybridized carbons (Fsp3) is 0.227. The monoisotopic (exact) mass is 581 g/mol. The Morgan fingerprint density at radius 3 is 2.11 bits per heavy atom. The molecule has 1 fully saturated rings. The maximum atomic E-state index is 2.52. The summed E-state index contributed by atoms with van der Waals surface area (Å²) in [7, 11) is 0. The Labute approximate surface area is 266 Å². The van der Waals surface area contributed by atoms with Gasteiger partial charge in [0.2, 0.25) is 0 Å². The third-order valence-corrected chi connectivity index (χ3v) is 11.1. The molecule has 1 aliphatic carbocycles. The number of fused-ring (bicyclic) bond motifs is 6. The van der Waals surface area contributed by atoms with E-state index < -0.39 is 0 Å². The number of hydrogen-bond donors (Lipinski definition) is 0. The van der Waals surface area contributed by atoms with Crippen LogP contribution in [-0.4, -0.2) is 4.57 Å². The van der Waals surface area contributed by atoms with Gasteiger partial charge in [-0.2, -0.15) is 0 Å². The van der Waals surface area contributed by atoms with Crippen LogP contribution in [0.2, 0.25) is 0 Å². The van der Waals surface area contributed by atoms with Crippen molar-refractivity contribution in [3.05, 3.63) is 138 Å². The maximum Gasteiger partial charge on any atom is 0.0582 e. The SMILES string of the molecule is Cc1cc(C2CCCCC2)c2ccccc2c1-c1cccc(-c2ccc3c(c2)C(C)(C)c2cccc4c5ccccc5n-3c24)c1. The third kappa shape index (κ3) is 3.93. The standard InChI is InChI=1S/C44H39N/c1-28-25-37(29-13-5-4-6-14-29)33-17-7-8-19-35(33)42(28)32-16-11-15-30(26-32)31-23-24-41-39(27-31)44(2,3)38-21-12-20-36-34-18-9-10-22-40(34)45(41)43(36)38/h7-12,15-27,29H,4-6,13-14H2,1-3H3. The molecule has 1 saturated carbocycles. The van der Waals surface area contributed by atoms with Gasteiger partial charge in [0, 0.05) is 16.2 Å². The lowest BCUT2D eigenvalue weighted by Crippen LogP contribution is -2.26. The molecule has 7 aromatic rings.